The molecule has 0 saturated carbocycles. The van der Waals surface area contributed by atoms with E-state index in [1.54, 1.807) is 0 Å². The summed E-state index contributed by atoms with van der Waals surface area (Å²) in [5, 5.41) is 3.10. The van der Waals surface area contributed by atoms with E-state index in [-0.39, 0.29) is 5.91 Å². The van der Waals surface area contributed by atoms with Gasteiger partial charge < -0.3 is 16.8 Å². The zero-order valence-corrected chi connectivity index (χ0v) is 6.81. The fraction of sp³-hybridized carbons (Fsp3) is 0.857. The summed E-state index contributed by atoms with van der Waals surface area (Å²) in [6.07, 6.45) is 2.52. The molecule has 0 atom stereocenters. The molecule has 0 aromatic rings. The predicted molar refractivity (Wildman–Crippen MR) is 45.0 cm³/mol. The second-order valence-corrected chi connectivity index (χ2v) is 2.46. The van der Waals surface area contributed by atoms with Gasteiger partial charge in [0, 0.05) is 13.0 Å². The van der Waals surface area contributed by atoms with Crippen molar-refractivity contribution in [3.63, 3.8) is 0 Å². The van der Waals surface area contributed by atoms with Gasteiger partial charge >= 0.3 is 0 Å². The molecule has 0 aliphatic heterocycles. The van der Waals surface area contributed by atoms with Gasteiger partial charge in [0.05, 0.1) is 0 Å². The first kappa shape index (κ1) is 10.4. The van der Waals surface area contributed by atoms with Gasteiger partial charge in [0.25, 0.3) is 0 Å². The average Bonchev–Trinajstić information content (AvgIpc) is 1.96. The average molecular weight is 159 g/mol. The lowest BCUT2D eigenvalue weighted by atomic mass is 10.3. The van der Waals surface area contributed by atoms with Crippen molar-refractivity contribution in [2.75, 3.05) is 19.6 Å². The van der Waals surface area contributed by atoms with Crippen LogP contribution in [0.15, 0.2) is 0 Å². The lowest BCUT2D eigenvalue weighted by Gasteiger charge is -2.00. The molecule has 1 amide bonds. The van der Waals surface area contributed by atoms with Crippen LogP contribution >= 0.6 is 0 Å². The van der Waals surface area contributed by atoms with E-state index in [1.165, 1.54) is 0 Å². The van der Waals surface area contributed by atoms with Crippen LogP contribution in [-0.2, 0) is 4.79 Å². The molecule has 0 radical (unpaired) electrons. The number of rotatable bonds is 7. The van der Waals surface area contributed by atoms with Crippen LogP contribution < -0.4 is 16.8 Å². The number of carbonyl (C=O) groups excluding carboxylic acids is 1. The Bertz CT molecular complexity index is 106. The van der Waals surface area contributed by atoms with Gasteiger partial charge in [-0.1, -0.05) is 0 Å². The largest absolute Gasteiger partial charge is 0.370 e. The molecule has 0 unspecified atom stereocenters. The summed E-state index contributed by atoms with van der Waals surface area (Å²) >= 11 is 0. The molecule has 5 N–H and O–H groups in total. The lowest BCUT2D eigenvalue weighted by molar-refractivity contribution is -0.117. The van der Waals surface area contributed by atoms with Gasteiger partial charge in [-0.05, 0) is 25.9 Å². The zero-order valence-electron chi connectivity index (χ0n) is 6.81. The molecule has 4 nitrogen and oxygen atoms in total. The molecule has 0 spiro atoms. The lowest BCUT2D eigenvalue weighted by Crippen LogP contribution is -2.23. The molecule has 0 aliphatic rings. The van der Waals surface area contributed by atoms with E-state index in [4.69, 9.17) is 11.5 Å². The Kier molecular flexibility index (Phi) is 7.08. The van der Waals surface area contributed by atoms with Crippen molar-refractivity contribution in [3.8, 4) is 0 Å². The first-order valence-electron chi connectivity index (χ1n) is 3.96. The third-order valence-electron chi connectivity index (χ3n) is 1.36. The minimum atomic E-state index is -0.253. The summed E-state index contributed by atoms with van der Waals surface area (Å²) < 4.78 is 0. The minimum Gasteiger partial charge on any atom is -0.370 e. The fourth-order valence-corrected chi connectivity index (χ4v) is 0.731. The van der Waals surface area contributed by atoms with E-state index in [1.807, 2.05) is 0 Å². The Balaban J connectivity index is 2.85. The maximum absolute atomic E-state index is 10.3. The Morgan fingerprint density at radius 2 is 2.00 bits per heavy atom. The van der Waals surface area contributed by atoms with Gasteiger partial charge in [-0.2, -0.15) is 0 Å². The van der Waals surface area contributed by atoms with Crippen molar-refractivity contribution in [2.24, 2.45) is 11.5 Å². The van der Waals surface area contributed by atoms with Gasteiger partial charge in [-0.3, -0.25) is 4.79 Å². The SMILES string of the molecule is NCCCCNCCC(N)=O. The van der Waals surface area contributed by atoms with Crippen molar-refractivity contribution < 1.29 is 4.79 Å². The van der Waals surface area contributed by atoms with E-state index < -0.39 is 0 Å². The molecule has 0 saturated heterocycles. The topological polar surface area (TPSA) is 81.1 Å². The summed E-state index contributed by atoms with van der Waals surface area (Å²) in [4.78, 5) is 10.3. The minimum absolute atomic E-state index is 0.253. The Hall–Kier alpha value is -0.610. The number of hydrogen-bond donors (Lipinski definition) is 3. The molecule has 66 valence electrons. The van der Waals surface area contributed by atoms with E-state index >= 15 is 0 Å². The molecule has 0 heterocycles. The van der Waals surface area contributed by atoms with E-state index in [9.17, 15) is 4.79 Å². The van der Waals surface area contributed by atoms with Gasteiger partial charge in [0.2, 0.25) is 5.91 Å². The van der Waals surface area contributed by atoms with Crippen LogP contribution in [0.2, 0.25) is 0 Å². The number of amides is 1. The maximum Gasteiger partial charge on any atom is 0.218 e. The Labute approximate surface area is 67.3 Å². The van der Waals surface area contributed by atoms with Crippen LogP contribution in [0.1, 0.15) is 19.3 Å². The molecule has 0 rings (SSSR count). The van der Waals surface area contributed by atoms with Crippen LogP contribution in [0, 0.1) is 0 Å². The van der Waals surface area contributed by atoms with Crippen molar-refractivity contribution in [3.05, 3.63) is 0 Å². The van der Waals surface area contributed by atoms with Gasteiger partial charge in [-0.25, -0.2) is 0 Å². The molecular formula is C7H17N3O. The van der Waals surface area contributed by atoms with Crippen molar-refractivity contribution in [2.45, 2.75) is 19.3 Å². The monoisotopic (exact) mass is 159 g/mol. The summed E-state index contributed by atoms with van der Waals surface area (Å²) in [6.45, 7) is 2.34. The van der Waals surface area contributed by atoms with Crippen LogP contribution in [-0.4, -0.2) is 25.5 Å². The third kappa shape index (κ3) is 9.39. The molecule has 0 bridgehead atoms. The maximum atomic E-state index is 10.3. The number of unbranched alkanes of at least 4 members (excludes halogenated alkanes) is 1. The van der Waals surface area contributed by atoms with Crippen LogP contribution in [0.25, 0.3) is 0 Å². The van der Waals surface area contributed by atoms with E-state index in [0.717, 1.165) is 25.9 Å². The summed E-state index contributed by atoms with van der Waals surface area (Å²) in [5.74, 6) is -0.253. The third-order valence-corrected chi connectivity index (χ3v) is 1.36. The number of carbonyl (C=O) groups is 1. The highest BCUT2D eigenvalue weighted by Gasteiger charge is 1.92. The summed E-state index contributed by atoms with van der Waals surface area (Å²) in [6, 6.07) is 0. The molecular weight excluding hydrogens is 142 g/mol. The van der Waals surface area contributed by atoms with E-state index in [2.05, 4.69) is 5.32 Å². The first-order valence-corrected chi connectivity index (χ1v) is 3.96. The standard InChI is InChI=1S/C7H17N3O/c8-4-1-2-5-10-6-3-7(9)11/h10H,1-6,8H2,(H2,9,11). The quantitative estimate of drug-likeness (QED) is 0.425. The summed E-state index contributed by atoms with van der Waals surface area (Å²) in [5.41, 5.74) is 10.2. The molecule has 0 aliphatic carbocycles. The highest BCUT2D eigenvalue weighted by Crippen LogP contribution is 1.82. The molecule has 0 aromatic carbocycles. The van der Waals surface area contributed by atoms with Crippen LogP contribution in [0.3, 0.4) is 0 Å². The predicted octanol–water partition coefficient (Wildman–Crippen LogP) is -0.810. The van der Waals surface area contributed by atoms with Crippen molar-refractivity contribution in [1.29, 1.82) is 0 Å². The normalized spacial score (nSPS) is 9.91. The van der Waals surface area contributed by atoms with Crippen LogP contribution in [0.5, 0.6) is 0 Å². The number of nitrogens with one attached hydrogen (secondary N) is 1. The second kappa shape index (κ2) is 7.50. The second-order valence-electron chi connectivity index (χ2n) is 2.46. The zero-order chi connectivity index (χ0) is 8.53. The highest BCUT2D eigenvalue weighted by molar-refractivity contribution is 5.73. The molecule has 0 aromatic heterocycles. The van der Waals surface area contributed by atoms with E-state index in [0.29, 0.717) is 13.0 Å². The Morgan fingerprint density at radius 3 is 2.55 bits per heavy atom. The number of primary amides is 1. The summed E-state index contributed by atoms with van der Waals surface area (Å²) in [7, 11) is 0. The van der Waals surface area contributed by atoms with Gasteiger partial charge in [0.15, 0.2) is 0 Å². The van der Waals surface area contributed by atoms with Crippen LogP contribution in [0.4, 0.5) is 0 Å². The fourth-order valence-electron chi connectivity index (χ4n) is 0.731. The molecule has 4 heteroatoms. The first-order chi connectivity index (χ1) is 5.27. The molecule has 0 fully saturated rings. The highest BCUT2D eigenvalue weighted by atomic mass is 16.1. The number of nitrogens with two attached hydrogens (primary N) is 2. The smallest absolute Gasteiger partial charge is 0.218 e. The number of hydrogen-bond acceptors (Lipinski definition) is 3. The van der Waals surface area contributed by atoms with Gasteiger partial charge in [0.1, 0.15) is 0 Å². The Morgan fingerprint density at radius 1 is 1.27 bits per heavy atom. The molecule has 11 heavy (non-hydrogen) atoms. The van der Waals surface area contributed by atoms with Gasteiger partial charge in [-0.15, -0.1) is 0 Å². The van der Waals surface area contributed by atoms with Crippen molar-refractivity contribution >= 4 is 5.91 Å². The van der Waals surface area contributed by atoms with Crippen molar-refractivity contribution in [1.82, 2.24) is 5.32 Å².